The van der Waals surface area contributed by atoms with Crippen molar-refractivity contribution in [3.8, 4) is 0 Å². The summed E-state index contributed by atoms with van der Waals surface area (Å²) < 4.78 is 28.4. The van der Waals surface area contributed by atoms with Gasteiger partial charge in [-0.05, 0) is 50.3 Å². The molecule has 9 nitrogen and oxygen atoms in total. The first-order valence-electron chi connectivity index (χ1n) is 10.1. The minimum atomic E-state index is -3.77. The van der Waals surface area contributed by atoms with Crippen LogP contribution in [0.5, 0.6) is 0 Å². The van der Waals surface area contributed by atoms with Gasteiger partial charge in [0, 0.05) is 24.6 Å². The summed E-state index contributed by atoms with van der Waals surface area (Å²) in [6.07, 6.45) is 0.638. The molecule has 0 unspecified atom stereocenters. The van der Waals surface area contributed by atoms with E-state index in [4.69, 9.17) is 0 Å². The number of rotatable bonds is 5. The summed E-state index contributed by atoms with van der Waals surface area (Å²) in [5, 5.41) is 2.21. The molecule has 0 radical (unpaired) electrons. The molecule has 2 aromatic heterocycles. The zero-order valence-corrected chi connectivity index (χ0v) is 19.2. The Bertz CT molecular complexity index is 1370. The Morgan fingerprint density at radius 3 is 2.59 bits per heavy atom. The van der Waals surface area contributed by atoms with Gasteiger partial charge in [0.2, 0.25) is 15.9 Å². The number of piperidine rings is 1. The zero-order valence-electron chi connectivity index (χ0n) is 17.6. The zero-order chi connectivity index (χ0) is 23.0. The maximum atomic E-state index is 13.0. The summed E-state index contributed by atoms with van der Waals surface area (Å²) in [6.45, 7) is 3.36. The quantitative estimate of drug-likeness (QED) is 0.566. The molecule has 0 saturated carbocycles. The highest BCUT2D eigenvalue weighted by Crippen LogP contribution is 2.25. The summed E-state index contributed by atoms with van der Waals surface area (Å²) in [7, 11) is -3.77. The number of hydrogen-bond donors (Lipinski definition) is 1. The summed E-state index contributed by atoms with van der Waals surface area (Å²) in [6, 6.07) is 7.62. The minimum Gasteiger partial charge on any atom is -0.295 e. The van der Waals surface area contributed by atoms with E-state index >= 15 is 0 Å². The van der Waals surface area contributed by atoms with Crippen LogP contribution in [-0.4, -0.2) is 47.2 Å². The Morgan fingerprint density at radius 1 is 1.19 bits per heavy atom. The minimum absolute atomic E-state index is 0.0606. The van der Waals surface area contributed by atoms with Gasteiger partial charge in [0.25, 0.3) is 5.56 Å². The predicted molar refractivity (Wildman–Crippen MR) is 121 cm³/mol. The number of carbonyl (C=O) groups excluding carboxylic acids is 2. The number of thiophene rings is 1. The number of nitrogens with one attached hydrogen (secondary N) is 1. The lowest BCUT2D eigenvalue weighted by molar-refractivity contribution is -0.121. The second-order valence-electron chi connectivity index (χ2n) is 7.68. The average molecular weight is 475 g/mol. The van der Waals surface area contributed by atoms with E-state index in [1.807, 2.05) is 0 Å². The molecule has 1 N–H and O–H groups in total. The molecule has 1 aliphatic rings. The number of hydrogen-bond acceptors (Lipinski definition) is 7. The Labute approximate surface area is 188 Å². The summed E-state index contributed by atoms with van der Waals surface area (Å²) in [5.41, 5.74) is 2.63. The first-order valence-corrected chi connectivity index (χ1v) is 12.4. The number of nitrogens with zero attached hydrogens (tertiary/aromatic N) is 3. The van der Waals surface area contributed by atoms with Crippen LogP contribution in [0, 0.1) is 12.8 Å². The van der Waals surface area contributed by atoms with E-state index in [9.17, 15) is 22.8 Å². The molecule has 0 atom stereocenters. The fraction of sp³-hybridized carbons (Fsp3) is 0.333. The third-order valence-electron chi connectivity index (χ3n) is 5.59. The Kier molecular flexibility index (Phi) is 5.97. The second-order valence-corrected chi connectivity index (χ2v) is 10.5. The summed E-state index contributed by atoms with van der Waals surface area (Å²) >= 11 is 1.36. The maximum Gasteiger partial charge on any atom is 0.281 e. The number of aromatic nitrogens is 2. The highest BCUT2D eigenvalue weighted by Gasteiger charge is 2.32. The number of fused-ring (bicyclic) bond motifs is 1. The molecule has 1 aliphatic heterocycles. The van der Waals surface area contributed by atoms with Crippen molar-refractivity contribution in [2.75, 3.05) is 18.5 Å². The molecule has 0 aliphatic carbocycles. The third kappa shape index (κ3) is 4.10. The first kappa shape index (κ1) is 22.3. The predicted octanol–water partition coefficient (Wildman–Crippen LogP) is 2.14. The van der Waals surface area contributed by atoms with Crippen molar-refractivity contribution in [2.24, 2.45) is 5.92 Å². The van der Waals surface area contributed by atoms with E-state index in [0.717, 1.165) is 4.68 Å². The smallest absolute Gasteiger partial charge is 0.281 e. The molecule has 0 bridgehead atoms. The number of sulfonamides is 1. The Balaban J connectivity index is 1.46. The highest BCUT2D eigenvalue weighted by atomic mass is 32.2. The van der Waals surface area contributed by atoms with Crippen LogP contribution < -0.4 is 11.0 Å². The maximum absolute atomic E-state index is 13.0. The lowest BCUT2D eigenvalue weighted by atomic mass is 9.98. The lowest BCUT2D eigenvalue weighted by Gasteiger charge is -2.30. The van der Waals surface area contributed by atoms with Gasteiger partial charge >= 0.3 is 0 Å². The largest absolute Gasteiger partial charge is 0.295 e. The number of Topliss-reactive ketones (excluding diaryl/α,β-unsaturated/α-hetero) is 1. The fourth-order valence-electron chi connectivity index (χ4n) is 3.73. The van der Waals surface area contributed by atoms with Gasteiger partial charge in [-0.15, -0.1) is 11.3 Å². The van der Waals surface area contributed by atoms with E-state index < -0.39 is 15.9 Å². The molecule has 3 aromatic rings. The van der Waals surface area contributed by atoms with Crippen molar-refractivity contribution in [1.82, 2.24) is 14.0 Å². The van der Waals surface area contributed by atoms with Gasteiger partial charge < -0.3 is 0 Å². The molecule has 1 fully saturated rings. The Hall–Kier alpha value is -2.89. The van der Waals surface area contributed by atoms with Gasteiger partial charge in [-0.25, -0.2) is 18.1 Å². The molecule has 32 heavy (non-hydrogen) atoms. The fourth-order valence-corrected chi connectivity index (χ4v) is 6.05. The van der Waals surface area contributed by atoms with Gasteiger partial charge in [0.05, 0.1) is 10.3 Å². The monoisotopic (exact) mass is 474 g/mol. The van der Waals surface area contributed by atoms with Crippen LogP contribution in [0.4, 0.5) is 0 Å². The van der Waals surface area contributed by atoms with Crippen molar-refractivity contribution in [1.29, 1.82) is 0 Å². The second kappa shape index (κ2) is 8.57. The van der Waals surface area contributed by atoms with E-state index in [2.05, 4.69) is 10.4 Å². The van der Waals surface area contributed by atoms with Gasteiger partial charge in [-0.1, -0.05) is 12.1 Å². The highest BCUT2D eigenvalue weighted by molar-refractivity contribution is 7.89. The normalized spacial score (nSPS) is 15.7. The topological polar surface area (TPSA) is 118 Å². The van der Waals surface area contributed by atoms with Crippen LogP contribution in [0.25, 0.3) is 10.2 Å². The van der Waals surface area contributed by atoms with Gasteiger partial charge in [0.1, 0.15) is 10.7 Å². The van der Waals surface area contributed by atoms with Gasteiger partial charge in [-0.3, -0.25) is 19.8 Å². The van der Waals surface area contributed by atoms with Crippen LogP contribution in [-0.2, 0) is 14.8 Å². The van der Waals surface area contributed by atoms with Crippen molar-refractivity contribution in [3.63, 3.8) is 0 Å². The lowest BCUT2D eigenvalue weighted by Crippen LogP contribution is -2.44. The molecule has 4 rings (SSSR count). The molecule has 0 spiro atoms. The van der Waals surface area contributed by atoms with Crippen molar-refractivity contribution < 1.29 is 18.0 Å². The molecule has 1 amide bonds. The molecule has 168 valence electrons. The average Bonchev–Trinajstić information content (AvgIpc) is 3.25. The SMILES string of the molecule is CC(=O)c1cccc(S(=O)(=O)N2CCC(C(=O)Nn3c(C)nc4sccc4c3=O)CC2)c1. The van der Waals surface area contributed by atoms with Crippen LogP contribution in [0.3, 0.4) is 0 Å². The molecular weight excluding hydrogens is 452 g/mol. The molecule has 11 heteroatoms. The molecule has 3 heterocycles. The van der Waals surface area contributed by atoms with E-state index in [-0.39, 0.29) is 35.2 Å². The van der Waals surface area contributed by atoms with E-state index in [1.54, 1.807) is 30.5 Å². The van der Waals surface area contributed by atoms with E-state index in [0.29, 0.717) is 34.4 Å². The third-order valence-corrected chi connectivity index (χ3v) is 8.29. The van der Waals surface area contributed by atoms with E-state index in [1.165, 1.54) is 34.7 Å². The number of aryl methyl sites for hydroxylation is 1. The molecule has 1 aromatic carbocycles. The first-order chi connectivity index (χ1) is 15.2. The Morgan fingerprint density at radius 2 is 1.91 bits per heavy atom. The van der Waals surface area contributed by atoms with Crippen LogP contribution in [0.2, 0.25) is 0 Å². The van der Waals surface area contributed by atoms with Crippen molar-refractivity contribution >= 4 is 43.3 Å². The number of carbonyl (C=O) groups is 2. The number of benzene rings is 1. The standard InChI is InChI=1S/C21H22N4O5S2/c1-13(26)16-4-3-5-17(12-16)32(29,30)24-9-6-15(7-10-24)19(27)23-25-14(2)22-20-18(21(25)28)8-11-31-20/h3-5,8,11-12,15H,6-7,9-10H2,1-2H3,(H,23,27). The van der Waals surface area contributed by atoms with Crippen molar-refractivity contribution in [3.05, 3.63) is 57.5 Å². The summed E-state index contributed by atoms with van der Waals surface area (Å²) in [4.78, 5) is 42.1. The van der Waals surface area contributed by atoms with Crippen LogP contribution in [0.15, 0.2) is 45.4 Å². The van der Waals surface area contributed by atoms with Gasteiger partial charge in [-0.2, -0.15) is 4.31 Å². The summed E-state index contributed by atoms with van der Waals surface area (Å²) in [5.74, 6) is -0.613. The number of ketones is 1. The van der Waals surface area contributed by atoms with Gasteiger partial charge in [0.15, 0.2) is 5.78 Å². The number of amides is 1. The molecular formula is C21H22N4O5S2. The molecule has 1 saturated heterocycles. The van der Waals surface area contributed by atoms with Crippen LogP contribution >= 0.6 is 11.3 Å². The van der Waals surface area contributed by atoms with Crippen LogP contribution in [0.1, 0.15) is 35.9 Å². The van der Waals surface area contributed by atoms with Crippen molar-refractivity contribution in [2.45, 2.75) is 31.6 Å².